The molecule has 1 aromatic heterocycles. The standard InChI is InChI=1S/C32H36N4O2/c33-20-24-11-15-27(16-12-24)32(37)36-29(31-34-21-30(35-31)26-9-5-2-6-10-26)19-23-13-17-28(18-14-23)38-22-25-7-3-1-4-8-25/h1-10,13-14,17-18,21,24,27,29H,11-12,15-16,19-20,22,33H2,(H,34,35)(H,36,37)/t24?,27?,29-/m0/s1. The normalized spacial score (nSPS) is 18.0. The molecule has 0 spiro atoms. The first-order valence-electron chi connectivity index (χ1n) is 13.5. The van der Waals surface area contributed by atoms with Crippen molar-refractivity contribution in [2.75, 3.05) is 6.54 Å². The Hall–Kier alpha value is -3.90. The topological polar surface area (TPSA) is 93.0 Å². The molecule has 0 bridgehead atoms. The predicted octanol–water partition coefficient (Wildman–Crippen LogP) is 5.82. The number of hydrogen-bond donors (Lipinski definition) is 3. The molecule has 0 radical (unpaired) electrons. The zero-order valence-corrected chi connectivity index (χ0v) is 21.7. The molecule has 196 valence electrons. The van der Waals surface area contributed by atoms with Gasteiger partial charge in [0.1, 0.15) is 18.2 Å². The molecule has 5 rings (SSSR count). The van der Waals surface area contributed by atoms with Crippen LogP contribution in [-0.2, 0) is 17.8 Å². The van der Waals surface area contributed by atoms with Crippen molar-refractivity contribution in [3.8, 4) is 17.0 Å². The van der Waals surface area contributed by atoms with Crippen molar-refractivity contribution >= 4 is 5.91 Å². The van der Waals surface area contributed by atoms with Crippen molar-refractivity contribution < 1.29 is 9.53 Å². The zero-order chi connectivity index (χ0) is 26.2. The van der Waals surface area contributed by atoms with Gasteiger partial charge in [-0.1, -0.05) is 72.8 Å². The third-order valence-electron chi connectivity index (χ3n) is 7.49. The lowest BCUT2D eigenvalue weighted by atomic mass is 9.81. The van der Waals surface area contributed by atoms with Gasteiger partial charge in [-0.3, -0.25) is 4.79 Å². The SMILES string of the molecule is NCC1CCC(C(=O)N[C@@H](Cc2ccc(OCc3ccccc3)cc2)c2ncc(-c3ccccc3)[nH]2)CC1. The third kappa shape index (κ3) is 6.69. The average Bonchev–Trinajstić information content (AvgIpc) is 3.48. The number of benzene rings is 3. The van der Waals surface area contributed by atoms with Gasteiger partial charge < -0.3 is 20.8 Å². The molecule has 38 heavy (non-hydrogen) atoms. The van der Waals surface area contributed by atoms with Gasteiger partial charge in [-0.05, 0) is 73.4 Å². The van der Waals surface area contributed by atoms with Crippen LogP contribution in [0.2, 0.25) is 0 Å². The van der Waals surface area contributed by atoms with E-state index in [4.69, 9.17) is 10.5 Å². The number of nitrogens with zero attached hydrogens (tertiary/aromatic N) is 1. The average molecular weight is 509 g/mol. The van der Waals surface area contributed by atoms with Crippen LogP contribution in [0.1, 0.15) is 48.7 Å². The molecule has 1 amide bonds. The number of rotatable bonds is 10. The fourth-order valence-electron chi connectivity index (χ4n) is 5.14. The second kappa shape index (κ2) is 12.6. The highest BCUT2D eigenvalue weighted by atomic mass is 16.5. The number of aromatic amines is 1. The lowest BCUT2D eigenvalue weighted by molar-refractivity contribution is -0.127. The highest BCUT2D eigenvalue weighted by molar-refractivity contribution is 5.79. The lowest BCUT2D eigenvalue weighted by Gasteiger charge is -2.28. The minimum Gasteiger partial charge on any atom is -0.489 e. The van der Waals surface area contributed by atoms with E-state index in [1.54, 1.807) is 0 Å². The quantitative estimate of drug-likeness (QED) is 0.252. The van der Waals surface area contributed by atoms with E-state index in [-0.39, 0.29) is 17.9 Å². The number of carbonyl (C=O) groups is 1. The Kier molecular flexibility index (Phi) is 8.51. The van der Waals surface area contributed by atoms with Crippen molar-refractivity contribution in [3.05, 3.63) is 108 Å². The zero-order valence-electron chi connectivity index (χ0n) is 21.7. The highest BCUT2D eigenvalue weighted by Crippen LogP contribution is 2.30. The fourth-order valence-corrected chi connectivity index (χ4v) is 5.14. The minimum atomic E-state index is -0.261. The highest BCUT2D eigenvalue weighted by Gasteiger charge is 2.28. The van der Waals surface area contributed by atoms with E-state index in [9.17, 15) is 4.79 Å². The van der Waals surface area contributed by atoms with Gasteiger partial charge in [-0.25, -0.2) is 4.98 Å². The Morgan fingerprint density at radius 3 is 2.29 bits per heavy atom. The Bertz CT molecular complexity index is 1280. The van der Waals surface area contributed by atoms with Gasteiger partial charge in [0.05, 0.1) is 17.9 Å². The molecule has 6 nitrogen and oxygen atoms in total. The smallest absolute Gasteiger partial charge is 0.223 e. The number of imidazole rings is 1. The summed E-state index contributed by atoms with van der Waals surface area (Å²) in [6.07, 6.45) is 6.29. The van der Waals surface area contributed by atoms with Crippen LogP contribution >= 0.6 is 0 Å². The van der Waals surface area contributed by atoms with Gasteiger partial charge in [0, 0.05) is 5.92 Å². The summed E-state index contributed by atoms with van der Waals surface area (Å²) >= 11 is 0. The molecular weight excluding hydrogens is 472 g/mol. The molecule has 3 aromatic carbocycles. The van der Waals surface area contributed by atoms with Gasteiger partial charge in [0.25, 0.3) is 0 Å². The molecular formula is C32H36N4O2. The number of ether oxygens (including phenoxy) is 1. The monoisotopic (exact) mass is 508 g/mol. The maximum atomic E-state index is 13.3. The molecule has 1 atom stereocenters. The Morgan fingerprint density at radius 1 is 0.921 bits per heavy atom. The summed E-state index contributed by atoms with van der Waals surface area (Å²) in [6.45, 7) is 1.23. The molecule has 6 heteroatoms. The van der Waals surface area contributed by atoms with Crippen LogP contribution in [0, 0.1) is 11.8 Å². The first-order chi connectivity index (χ1) is 18.7. The lowest BCUT2D eigenvalue weighted by Crippen LogP contribution is -2.37. The number of amides is 1. The van der Waals surface area contributed by atoms with E-state index in [0.29, 0.717) is 25.5 Å². The Balaban J connectivity index is 1.29. The van der Waals surface area contributed by atoms with Gasteiger partial charge in [0.15, 0.2) is 0 Å². The number of nitrogens with two attached hydrogens (primary N) is 1. The van der Waals surface area contributed by atoms with Crippen LogP contribution in [0.3, 0.4) is 0 Å². The van der Waals surface area contributed by atoms with Gasteiger partial charge in [-0.15, -0.1) is 0 Å². The Morgan fingerprint density at radius 2 is 1.61 bits per heavy atom. The van der Waals surface area contributed by atoms with Gasteiger partial charge in [0.2, 0.25) is 5.91 Å². The van der Waals surface area contributed by atoms with E-state index in [1.165, 1.54) is 0 Å². The molecule has 0 saturated heterocycles. The van der Waals surface area contributed by atoms with Crippen molar-refractivity contribution in [1.82, 2.24) is 15.3 Å². The fraction of sp³-hybridized carbons (Fsp3) is 0.312. The molecule has 4 aromatic rings. The molecule has 0 unspecified atom stereocenters. The maximum absolute atomic E-state index is 13.3. The Labute approximate surface area is 224 Å². The maximum Gasteiger partial charge on any atom is 0.223 e. The van der Waals surface area contributed by atoms with E-state index < -0.39 is 0 Å². The van der Waals surface area contributed by atoms with Crippen LogP contribution in [-0.4, -0.2) is 22.4 Å². The number of H-pyrrole nitrogens is 1. The van der Waals surface area contributed by atoms with Crippen molar-refractivity contribution in [3.63, 3.8) is 0 Å². The first kappa shape index (κ1) is 25.7. The van der Waals surface area contributed by atoms with Gasteiger partial charge in [-0.2, -0.15) is 0 Å². The van der Waals surface area contributed by atoms with Crippen molar-refractivity contribution in [1.29, 1.82) is 0 Å². The molecule has 1 heterocycles. The van der Waals surface area contributed by atoms with Crippen LogP contribution in [0.25, 0.3) is 11.3 Å². The minimum absolute atomic E-state index is 0.0256. The van der Waals surface area contributed by atoms with Crippen molar-refractivity contribution in [2.45, 2.75) is 44.8 Å². The van der Waals surface area contributed by atoms with E-state index in [2.05, 4.69) is 51.7 Å². The first-order valence-corrected chi connectivity index (χ1v) is 13.5. The summed E-state index contributed by atoms with van der Waals surface area (Å²) in [5, 5.41) is 3.32. The molecule has 1 aliphatic rings. The van der Waals surface area contributed by atoms with E-state index in [0.717, 1.165) is 59.6 Å². The number of nitrogens with one attached hydrogen (secondary N) is 2. The van der Waals surface area contributed by atoms with Crippen LogP contribution in [0.15, 0.2) is 91.1 Å². The second-order valence-corrected chi connectivity index (χ2v) is 10.2. The number of hydrogen-bond acceptors (Lipinski definition) is 4. The molecule has 1 aliphatic carbocycles. The number of carbonyl (C=O) groups excluding carboxylic acids is 1. The largest absolute Gasteiger partial charge is 0.489 e. The predicted molar refractivity (Wildman–Crippen MR) is 150 cm³/mol. The van der Waals surface area contributed by atoms with Crippen molar-refractivity contribution in [2.24, 2.45) is 17.6 Å². The summed E-state index contributed by atoms with van der Waals surface area (Å²) in [5.41, 5.74) is 10.1. The summed E-state index contributed by atoms with van der Waals surface area (Å²) in [7, 11) is 0. The third-order valence-corrected chi connectivity index (χ3v) is 7.49. The second-order valence-electron chi connectivity index (χ2n) is 10.2. The molecule has 1 saturated carbocycles. The van der Waals surface area contributed by atoms with Crippen LogP contribution < -0.4 is 15.8 Å². The summed E-state index contributed by atoms with van der Waals surface area (Å²) in [4.78, 5) is 21.5. The molecule has 4 N–H and O–H groups in total. The van der Waals surface area contributed by atoms with E-state index >= 15 is 0 Å². The summed E-state index contributed by atoms with van der Waals surface area (Å²) in [6, 6.07) is 28.1. The molecule has 0 aliphatic heterocycles. The van der Waals surface area contributed by atoms with Crippen LogP contribution in [0.4, 0.5) is 0 Å². The summed E-state index contributed by atoms with van der Waals surface area (Å²) < 4.78 is 5.95. The number of aromatic nitrogens is 2. The van der Waals surface area contributed by atoms with Gasteiger partial charge >= 0.3 is 0 Å². The van der Waals surface area contributed by atoms with Crippen LogP contribution in [0.5, 0.6) is 5.75 Å². The molecule has 1 fully saturated rings. The summed E-state index contributed by atoms with van der Waals surface area (Å²) in [5.74, 6) is 2.25. The van der Waals surface area contributed by atoms with E-state index in [1.807, 2.05) is 54.7 Å².